The van der Waals surface area contributed by atoms with Crippen LogP contribution >= 0.6 is 0 Å². The van der Waals surface area contributed by atoms with Gasteiger partial charge in [0.2, 0.25) is 5.91 Å². The van der Waals surface area contributed by atoms with Gasteiger partial charge < -0.3 is 9.64 Å². The lowest BCUT2D eigenvalue weighted by Crippen LogP contribution is -2.38. The second kappa shape index (κ2) is 7.65. The van der Waals surface area contributed by atoms with Gasteiger partial charge in [0.25, 0.3) is 0 Å². The van der Waals surface area contributed by atoms with E-state index in [0.717, 1.165) is 16.9 Å². The van der Waals surface area contributed by atoms with Gasteiger partial charge in [0.05, 0.1) is 13.7 Å². The molecule has 24 heavy (non-hydrogen) atoms. The van der Waals surface area contributed by atoms with Crippen LogP contribution in [0, 0.1) is 0 Å². The fourth-order valence-electron chi connectivity index (χ4n) is 2.47. The van der Waals surface area contributed by atoms with Crippen LogP contribution in [-0.4, -0.2) is 71.3 Å². The first-order valence-corrected chi connectivity index (χ1v) is 7.47. The summed E-state index contributed by atoms with van der Waals surface area (Å²) in [6.07, 6.45) is -2.71. The van der Waals surface area contributed by atoms with Crippen molar-refractivity contribution in [3.05, 3.63) is 18.0 Å². The summed E-state index contributed by atoms with van der Waals surface area (Å²) in [6.45, 7) is 1.97. The minimum atomic E-state index is -4.52. The molecule has 0 saturated carbocycles. The van der Waals surface area contributed by atoms with E-state index < -0.39 is 11.9 Å². The SMILES string of the molecule is COC(=O)CN1CCCN(C(=O)Cn2ccc(C(F)(F)F)n2)CC1. The molecule has 0 radical (unpaired) electrons. The maximum Gasteiger partial charge on any atom is 0.435 e. The highest BCUT2D eigenvalue weighted by atomic mass is 19.4. The van der Waals surface area contributed by atoms with Crippen molar-refractivity contribution in [1.29, 1.82) is 0 Å². The summed E-state index contributed by atoms with van der Waals surface area (Å²) >= 11 is 0. The Morgan fingerprint density at radius 3 is 2.58 bits per heavy atom. The molecular weight excluding hydrogens is 329 g/mol. The molecule has 1 aromatic rings. The molecule has 1 aliphatic rings. The molecule has 10 heteroatoms. The number of ether oxygens (including phenoxy) is 1. The van der Waals surface area contributed by atoms with Gasteiger partial charge in [0.15, 0.2) is 5.69 Å². The lowest BCUT2D eigenvalue weighted by molar-refractivity contribution is -0.142. The minimum Gasteiger partial charge on any atom is -0.468 e. The Balaban J connectivity index is 1.89. The molecule has 0 N–H and O–H groups in total. The summed E-state index contributed by atoms with van der Waals surface area (Å²) in [5.74, 6) is -0.641. The number of halogens is 3. The number of methoxy groups -OCH3 is 1. The molecule has 0 aromatic carbocycles. The number of hydrogen-bond donors (Lipinski definition) is 0. The van der Waals surface area contributed by atoms with E-state index in [9.17, 15) is 22.8 Å². The van der Waals surface area contributed by atoms with Crippen molar-refractivity contribution < 1.29 is 27.5 Å². The van der Waals surface area contributed by atoms with Crippen molar-refractivity contribution in [3.63, 3.8) is 0 Å². The summed E-state index contributed by atoms with van der Waals surface area (Å²) < 4.78 is 43.1. The van der Waals surface area contributed by atoms with E-state index in [1.165, 1.54) is 7.11 Å². The molecule has 1 fully saturated rings. The van der Waals surface area contributed by atoms with Gasteiger partial charge >= 0.3 is 12.1 Å². The van der Waals surface area contributed by atoms with Crippen LogP contribution in [0.2, 0.25) is 0 Å². The molecule has 1 amide bonds. The Morgan fingerprint density at radius 2 is 1.96 bits per heavy atom. The lowest BCUT2D eigenvalue weighted by atomic mass is 10.3. The molecule has 0 atom stereocenters. The third-order valence-corrected chi connectivity index (χ3v) is 3.75. The highest BCUT2D eigenvalue weighted by Gasteiger charge is 2.33. The van der Waals surface area contributed by atoms with Crippen LogP contribution in [0.15, 0.2) is 12.3 Å². The van der Waals surface area contributed by atoms with Gasteiger partial charge in [-0.15, -0.1) is 0 Å². The van der Waals surface area contributed by atoms with Crippen molar-refractivity contribution in [2.24, 2.45) is 0 Å². The minimum absolute atomic E-state index is 0.159. The van der Waals surface area contributed by atoms with Gasteiger partial charge in [-0.2, -0.15) is 18.3 Å². The third kappa shape index (κ3) is 4.95. The van der Waals surface area contributed by atoms with Gasteiger partial charge in [0.1, 0.15) is 6.54 Å². The molecule has 2 heterocycles. The maximum absolute atomic E-state index is 12.5. The first kappa shape index (κ1) is 18.2. The van der Waals surface area contributed by atoms with Crippen molar-refractivity contribution in [2.45, 2.75) is 19.1 Å². The fraction of sp³-hybridized carbons (Fsp3) is 0.643. The average Bonchev–Trinajstić information content (AvgIpc) is 2.86. The molecule has 1 aromatic heterocycles. The van der Waals surface area contributed by atoms with Crippen LogP contribution in [0.4, 0.5) is 13.2 Å². The van der Waals surface area contributed by atoms with Crippen molar-refractivity contribution in [2.75, 3.05) is 39.8 Å². The maximum atomic E-state index is 12.5. The van der Waals surface area contributed by atoms with E-state index >= 15 is 0 Å². The first-order chi connectivity index (χ1) is 11.3. The summed E-state index contributed by atoms with van der Waals surface area (Å²) in [7, 11) is 1.31. The molecule has 1 aliphatic heterocycles. The van der Waals surface area contributed by atoms with Crippen LogP contribution < -0.4 is 0 Å². The Labute approximate surface area is 137 Å². The number of alkyl halides is 3. The molecule has 134 valence electrons. The van der Waals surface area contributed by atoms with Crippen molar-refractivity contribution in [3.8, 4) is 0 Å². The second-order valence-corrected chi connectivity index (χ2v) is 5.48. The van der Waals surface area contributed by atoms with Crippen LogP contribution in [-0.2, 0) is 27.0 Å². The number of carbonyl (C=O) groups excluding carboxylic acids is 2. The molecular formula is C14H19F3N4O3. The van der Waals surface area contributed by atoms with Crippen LogP contribution in [0.3, 0.4) is 0 Å². The second-order valence-electron chi connectivity index (χ2n) is 5.48. The van der Waals surface area contributed by atoms with E-state index in [2.05, 4.69) is 9.84 Å². The zero-order valence-corrected chi connectivity index (χ0v) is 13.3. The number of carbonyl (C=O) groups is 2. The number of rotatable bonds is 4. The summed E-state index contributed by atoms with van der Waals surface area (Å²) in [5, 5.41) is 3.38. The zero-order valence-electron chi connectivity index (χ0n) is 13.3. The topological polar surface area (TPSA) is 67.7 Å². The molecule has 1 saturated heterocycles. The predicted octanol–water partition coefficient (Wildman–Crippen LogP) is 0.609. The summed E-state index contributed by atoms with van der Waals surface area (Å²) in [4.78, 5) is 27.0. The standard InChI is InChI=1S/C14H19F3N4O3/c1-24-13(23)10-19-4-2-5-20(8-7-19)12(22)9-21-6-3-11(18-21)14(15,16)17/h3,6H,2,4-5,7-10H2,1H3. The first-order valence-electron chi connectivity index (χ1n) is 7.47. The normalized spacial score (nSPS) is 16.8. The lowest BCUT2D eigenvalue weighted by Gasteiger charge is -2.21. The van der Waals surface area contributed by atoms with E-state index in [1.807, 2.05) is 4.90 Å². The van der Waals surface area contributed by atoms with E-state index in [1.54, 1.807) is 4.90 Å². The van der Waals surface area contributed by atoms with Crippen LogP contribution in [0.25, 0.3) is 0 Å². The van der Waals surface area contributed by atoms with Crippen LogP contribution in [0.5, 0.6) is 0 Å². The van der Waals surface area contributed by atoms with E-state index in [-0.39, 0.29) is 25.0 Å². The number of nitrogens with zero attached hydrogens (tertiary/aromatic N) is 4. The fourth-order valence-corrected chi connectivity index (χ4v) is 2.47. The van der Waals surface area contributed by atoms with Gasteiger partial charge in [-0.05, 0) is 12.5 Å². The Kier molecular flexibility index (Phi) is 5.81. The quantitative estimate of drug-likeness (QED) is 0.746. The Morgan fingerprint density at radius 1 is 1.21 bits per heavy atom. The Hall–Kier alpha value is -2.10. The Bertz CT molecular complexity index is 588. The highest BCUT2D eigenvalue weighted by Crippen LogP contribution is 2.27. The van der Waals surface area contributed by atoms with Gasteiger partial charge in [0, 0.05) is 32.4 Å². The largest absolute Gasteiger partial charge is 0.468 e. The molecule has 7 nitrogen and oxygen atoms in total. The van der Waals surface area contributed by atoms with Crippen LogP contribution in [0.1, 0.15) is 12.1 Å². The predicted molar refractivity (Wildman–Crippen MR) is 76.9 cm³/mol. The number of aromatic nitrogens is 2. The van der Waals surface area contributed by atoms with Gasteiger partial charge in [-0.1, -0.05) is 0 Å². The van der Waals surface area contributed by atoms with Crippen molar-refractivity contribution >= 4 is 11.9 Å². The van der Waals surface area contributed by atoms with Gasteiger partial charge in [-0.3, -0.25) is 19.2 Å². The molecule has 0 bridgehead atoms. The van der Waals surface area contributed by atoms with E-state index in [4.69, 9.17) is 0 Å². The molecule has 0 unspecified atom stereocenters. The molecule has 0 aliphatic carbocycles. The third-order valence-electron chi connectivity index (χ3n) is 3.75. The molecule has 2 rings (SSSR count). The summed E-state index contributed by atoms with van der Waals surface area (Å²) in [5.41, 5.74) is -1.02. The average molecular weight is 348 g/mol. The smallest absolute Gasteiger partial charge is 0.435 e. The van der Waals surface area contributed by atoms with Gasteiger partial charge in [-0.25, -0.2) is 0 Å². The number of amides is 1. The molecule has 0 spiro atoms. The summed E-state index contributed by atoms with van der Waals surface area (Å²) in [6, 6.07) is 0.841. The van der Waals surface area contributed by atoms with Crippen molar-refractivity contribution in [1.82, 2.24) is 19.6 Å². The van der Waals surface area contributed by atoms with E-state index in [0.29, 0.717) is 32.6 Å². The zero-order chi connectivity index (χ0) is 17.7. The number of esters is 1. The number of hydrogen-bond acceptors (Lipinski definition) is 5. The monoisotopic (exact) mass is 348 g/mol. The highest BCUT2D eigenvalue weighted by molar-refractivity contribution is 5.76.